The first-order chi connectivity index (χ1) is 9.01. The first kappa shape index (κ1) is 14.6. The summed E-state index contributed by atoms with van der Waals surface area (Å²) in [5.74, 6) is 0.433. The average Bonchev–Trinajstić information content (AvgIpc) is 2.79. The quantitative estimate of drug-likeness (QED) is 0.781. The van der Waals surface area contributed by atoms with Gasteiger partial charge in [-0.1, -0.05) is 12.2 Å². The van der Waals surface area contributed by atoms with E-state index in [1.807, 2.05) is 18.2 Å². The molecule has 0 aromatic heterocycles. The molecule has 0 fully saturated rings. The highest BCUT2D eigenvalue weighted by Crippen LogP contribution is 2.35. The Bertz CT molecular complexity index is 532. The fraction of sp³-hybridized carbons (Fsp3) is 0.308. The summed E-state index contributed by atoms with van der Waals surface area (Å²) in [7, 11) is 1.58. The van der Waals surface area contributed by atoms with Crippen molar-refractivity contribution in [3.8, 4) is 5.75 Å². The van der Waals surface area contributed by atoms with Crippen molar-refractivity contribution in [1.29, 1.82) is 0 Å². The largest absolute Gasteiger partial charge is 0.495 e. The van der Waals surface area contributed by atoms with Crippen LogP contribution in [0.15, 0.2) is 33.2 Å². The highest BCUT2D eigenvalue weighted by molar-refractivity contribution is 9.11. The second kappa shape index (κ2) is 6.07. The molecular weight excluding hydrogens is 376 g/mol. The lowest BCUT2D eigenvalue weighted by atomic mass is 10.1. The first-order valence-electron chi connectivity index (χ1n) is 5.79. The molecule has 6 heteroatoms. The second-order valence-electron chi connectivity index (χ2n) is 4.35. The molecule has 0 radical (unpaired) electrons. The third kappa shape index (κ3) is 3.38. The van der Waals surface area contributed by atoms with Crippen molar-refractivity contribution in [2.75, 3.05) is 12.4 Å². The molecule has 1 aliphatic rings. The van der Waals surface area contributed by atoms with Gasteiger partial charge in [0.05, 0.1) is 23.2 Å². The number of rotatable bonds is 3. The zero-order valence-electron chi connectivity index (χ0n) is 10.3. The number of hydrogen-bond donors (Lipinski definition) is 2. The summed E-state index contributed by atoms with van der Waals surface area (Å²) in [5.41, 5.74) is 6.43. The van der Waals surface area contributed by atoms with Gasteiger partial charge < -0.3 is 15.8 Å². The molecule has 2 atom stereocenters. The molecule has 3 N–H and O–H groups in total. The summed E-state index contributed by atoms with van der Waals surface area (Å²) < 4.78 is 6.83. The molecule has 4 nitrogen and oxygen atoms in total. The normalized spacial score (nSPS) is 21.5. The Hall–Kier alpha value is -0.850. The van der Waals surface area contributed by atoms with E-state index in [0.29, 0.717) is 17.9 Å². The van der Waals surface area contributed by atoms with Gasteiger partial charge in [0.25, 0.3) is 0 Å². The van der Waals surface area contributed by atoms with Crippen LogP contribution in [-0.4, -0.2) is 19.1 Å². The van der Waals surface area contributed by atoms with Crippen molar-refractivity contribution in [3.05, 3.63) is 33.2 Å². The number of hydrogen-bond acceptors (Lipinski definition) is 3. The van der Waals surface area contributed by atoms with Gasteiger partial charge in [-0.05, 0) is 44.3 Å². The summed E-state index contributed by atoms with van der Waals surface area (Å²) in [6.45, 7) is 0. The van der Waals surface area contributed by atoms with E-state index in [4.69, 9.17) is 10.5 Å². The number of methoxy groups -OCH3 is 1. The molecule has 0 saturated heterocycles. The predicted octanol–water partition coefficient (Wildman–Crippen LogP) is 3.06. The number of carbonyl (C=O) groups excluding carboxylic acids is 1. The van der Waals surface area contributed by atoms with Gasteiger partial charge in [0.2, 0.25) is 5.91 Å². The maximum Gasteiger partial charge on any atom is 0.231 e. The number of amides is 1. The minimum absolute atomic E-state index is 0.0290. The molecule has 0 saturated carbocycles. The third-order valence-electron chi connectivity index (χ3n) is 2.95. The maximum absolute atomic E-state index is 12.1. The number of anilines is 1. The molecule has 19 heavy (non-hydrogen) atoms. The molecule has 2 unspecified atom stereocenters. The van der Waals surface area contributed by atoms with Gasteiger partial charge in [0, 0.05) is 16.6 Å². The van der Waals surface area contributed by atoms with Crippen LogP contribution in [0, 0.1) is 5.92 Å². The highest BCUT2D eigenvalue weighted by atomic mass is 79.9. The topological polar surface area (TPSA) is 64.3 Å². The van der Waals surface area contributed by atoms with E-state index >= 15 is 0 Å². The zero-order chi connectivity index (χ0) is 14.0. The van der Waals surface area contributed by atoms with E-state index < -0.39 is 0 Å². The number of nitrogens with two attached hydrogens (primary N) is 1. The third-order valence-corrected chi connectivity index (χ3v) is 4.23. The van der Waals surface area contributed by atoms with Gasteiger partial charge in [0.1, 0.15) is 5.75 Å². The van der Waals surface area contributed by atoms with Crippen LogP contribution in [0.5, 0.6) is 5.75 Å². The number of benzene rings is 1. The zero-order valence-corrected chi connectivity index (χ0v) is 13.5. The second-order valence-corrected chi connectivity index (χ2v) is 6.06. The van der Waals surface area contributed by atoms with Gasteiger partial charge in [-0.2, -0.15) is 0 Å². The van der Waals surface area contributed by atoms with E-state index in [2.05, 4.69) is 37.2 Å². The van der Waals surface area contributed by atoms with Gasteiger partial charge in [-0.25, -0.2) is 0 Å². The molecule has 1 amide bonds. The summed E-state index contributed by atoms with van der Waals surface area (Å²) in [5, 5.41) is 2.88. The van der Waals surface area contributed by atoms with Gasteiger partial charge >= 0.3 is 0 Å². The number of nitrogens with one attached hydrogen (secondary N) is 1. The molecule has 1 aliphatic carbocycles. The van der Waals surface area contributed by atoms with Crippen LogP contribution in [0.1, 0.15) is 6.42 Å². The smallest absolute Gasteiger partial charge is 0.231 e. The molecule has 102 valence electrons. The van der Waals surface area contributed by atoms with Crippen molar-refractivity contribution in [2.45, 2.75) is 12.5 Å². The lowest BCUT2D eigenvalue weighted by Gasteiger charge is -2.13. The Morgan fingerprint density at radius 1 is 1.37 bits per heavy atom. The predicted molar refractivity (Wildman–Crippen MR) is 82.2 cm³/mol. The van der Waals surface area contributed by atoms with Crippen molar-refractivity contribution in [2.24, 2.45) is 11.7 Å². The molecular formula is C13H14Br2N2O2. The fourth-order valence-electron chi connectivity index (χ4n) is 1.93. The van der Waals surface area contributed by atoms with Crippen LogP contribution in [0.25, 0.3) is 0 Å². The van der Waals surface area contributed by atoms with Crippen LogP contribution in [-0.2, 0) is 4.79 Å². The summed E-state index contributed by atoms with van der Waals surface area (Å²) in [6, 6.07) is 3.58. The lowest BCUT2D eigenvalue weighted by molar-refractivity contribution is -0.118. The van der Waals surface area contributed by atoms with Crippen LogP contribution in [0.2, 0.25) is 0 Å². The average molecular weight is 390 g/mol. The van der Waals surface area contributed by atoms with Crippen LogP contribution in [0.4, 0.5) is 5.69 Å². The van der Waals surface area contributed by atoms with E-state index in [0.717, 1.165) is 8.95 Å². The minimum Gasteiger partial charge on any atom is -0.495 e. The summed E-state index contributed by atoms with van der Waals surface area (Å²) in [6.07, 6.45) is 4.36. The van der Waals surface area contributed by atoms with Gasteiger partial charge in [-0.15, -0.1) is 0 Å². The molecule has 0 bridgehead atoms. The Balaban J connectivity index is 2.15. The van der Waals surface area contributed by atoms with Crippen molar-refractivity contribution in [3.63, 3.8) is 0 Å². The Kier molecular flexibility index (Phi) is 4.65. The van der Waals surface area contributed by atoms with Crippen molar-refractivity contribution in [1.82, 2.24) is 0 Å². The SMILES string of the molecule is COc1cc(NC(=O)C2C=CC(N)C2)c(Br)cc1Br. The van der Waals surface area contributed by atoms with Crippen LogP contribution < -0.4 is 15.8 Å². The summed E-state index contributed by atoms with van der Waals surface area (Å²) >= 11 is 6.80. The number of carbonyl (C=O) groups is 1. The fourth-order valence-corrected chi connectivity index (χ4v) is 3.18. The number of ether oxygens (including phenoxy) is 1. The van der Waals surface area contributed by atoms with E-state index in [1.165, 1.54) is 0 Å². The molecule has 0 aliphatic heterocycles. The standard InChI is InChI=1S/C13H14Br2N2O2/c1-19-12-6-11(9(14)5-10(12)15)17-13(18)7-2-3-8(16)4-7/h2-3,5-8H,4,16H2,1H3,(H,17,18). The van der Waals surface area contributed by atoms with Crippen molar-refractivity contribution >= 4 is 43.5 Å². The van der Waals surface area contributed by atoms with Crippen LogP contribution in [0.3, 0.4) is 0 Å². The summed E-state index contributed by atoms with van der Waals surface area (Å²) in [4.78, 5) is 12.1. The maximum atomic E-state index is 12.1. The Morgan fingerprint density at radius 3 is 2.68 bits per heavy atom. The highest BCUT2D eigenvalue weighted by Gasteiger charge is 2.23. The van der Waals surface area contributed by atoms with Crippen molar-refractivity contribution < 1.29 is 9.53 Å². The Morgan fingerprint density at radius 2 is 2.11 bits per heavy atom. The molecule has 2 rings (SSSR count). The molecule has 0 heterocycles. The van der Waals surface area contributed by atoms with Crippen LogP contribution >= 0.6 is 31.9 Å². The lowest BCUT2D eigenvalue weighted by Crippen LogP contribution is -2.24. The van der Waals surface area contributed by atoms with E-state index in [-0.39, 0.29) is 17.9 Å². The molecule has 0 spiro atoms. The molecule has 1 aromatic rings. The van der Waals surface area contributed by atoms with E-state index in [9.17, 15) is 4.79 Å². The Labute approximate surface area is 128 Å². The monoisotopic (exact) mass is 388 g/mol. The first-order valence-corrected chi connectivity index (χ1v) is 7.37. The molecule has 1 aromatic carbocycles. The van der Waals surface area contributed by atoms with Gasteiger partial charge in [-0.3, -0.25) is 4.79 Å². The minimum atomic E-state index is -0.170. The number of halogens is 2. The van der Waals surface area contributed by atoms with Gasteiger partial charge in [0.15, 0.2) is 0 Å². The van der Waals surface area contributed by atoms with E-state index in [1.54, 1.807) is 13.2 Å².